The molecule has 2 aromatic carbocycles. The van der Waals surface area contributed by atoms with E-state index in [4.69, 9.17) is 23.1 Å². The zero-order chi connectivity index (χ0) is 35.8. The third-order valence-electron chi connectivity index (χ3n) is 8.78. The molecule has 2 aliphatic heterocycles. The van der Waals surface area contributed by atoms with E-state index >= 15 is 0 Å². The van der Waals surface area contributed by atoms with Crippen molar-refractivity contribution in [2.45, 2.75) is 90.7 Å². The van der Waals surface area contributed by atoms with Crippen LogP contribution >= 0.6 is 11.6 Å². The summed E-state index contributed by atoms with van der Waals surface area (Å²) in [5, 5.41) is 0. The molecule has 4 aromatic rings. The Morgan fingerprint density at radius 2 is 1.06 bits per heavy atom. The van der Waals surface area contributed by atoms with E-state index < -0.39 is 0 Å². The molecule has 0 fully saturated rings. The molecule has 0 aliphatic carbocycles. The number of alkyl halides is 1. The second-order valence-electron chi connectivity index (χ2n) is 13.2. The Morgan fingerprint density at radius 3 is 1.44 bits per heavy atom. The van der Waals surface area contributed by atoms with Gasteiger partial charge in [-0.2, -0.15) is 0 Å². The lowest BCUT2D eigenvalue weighted by Crippen LogP contribution is -2.27. The van der Waals surface area contributed by atoms with Crippen molar-refractivity contribution in [3.63, 3.8) is 0 Å². The van der Waals surface area contributed by atoms with E-state index in [1.54, 1.807) is 9.80 Å². The lowest BCUT2D eigenvalue weighted by Gasteiger charge is -2.18. The summed E-state index contributed by atoms with van der Waals surface area (Å²) in [4.78, 5) is 48.5. The molecule has 0 unspecified atom stereocenters. The van der Waals surface area contributed by atoms with Crippen LogP contribution in [0.4, 0.5) is 23.3 Å². The molecule has 0 saturated heterocycles. The molecule has 2 aliphatic rings. The Balaban J connectivity index is 0.000000195. The summed E-state index contributed by atoms with van der Waals surface area (Å²) in [7, 11) is 4.10. The molecule has 0 saturated carbocycles. The molecule has 2 aromatic heterocycles. The molecule has 0 bridgehead atoms. The van der Waals surface area contributed by atoms with Crippen LogP contribution in [0.25, 0.3) is 0 Å². The third kappa shape index (κ3) is 8.94. The van der Waals surface area contributed by atoms with Crippen molar-refractivity contribution in [3.8, 4) is 0 Å². The minimum absolute atomic E-state index is 0.0139. The number of halogens is 1. The van der Waals surface area contributed by atoms with Crippen molar-refractivity contribution < 1.29 is 9.59 Å². The highest BCUT2D eigenvalue weighted by atomic mass is 35.5. The van der Waals surface area contributed by atoms with Gasteiger partial charge in [-0.25, -0.2) is 19.9 Å². The van der Waals surface area contributed by atoms with E-state index in [0.717, 1.165) is 78.7 Å². The zero-order valence-corrected chi connectivity index (χ0v) is 30.3. The van der Waals surface area contributed by atoms with Gasteiger partial charge in [0.2, 0.25) is 11.8 Å². The van der Waals surface area contributed by atoms with Gasteiger partial charge in [-0.1, -0.05) is 75.2 Å². The fraction of sp³-hybridized carbons (Fsp3) is 0.421. The van der Waals surface area contributed by atoms with Crippen molar-refractivity contribution >= 4 is 46.7 Å². The Kier molecular flexibility index (Phi) is 12.4. The average Bonchev–Trinajstić information content (AvgIpc) is 3.59. The first-order valence-electron chi connectivity index (χ1n) is 17.4. The predicted molar refractivity (Wildman–Crippen MR) is 200 cm³/mol. The fourth-order valence-corrected chi connectivity index (χ4v) is 6.20. The Labute approximate surface area is 300 Å². The largest absolute Gasteiger partial charge is 0.383 e. The van der Waals surface area contributed by atoms with E-state index in [-0.39, 0.29) is 24.7 Å². The second-order valence-corrected chi connectivity index (χ2v) is 13.4. The SMILES string of the molecule is CCCCc1nc(N)c2c(n1)N(Cc1ccc(CCl)cc1)C(=O)C2.CCCCc1nc(N)c2c(n1)N(Cc1ccc(CN(C)C)cc1)C(=O)C2. The van der Waals surface area contributed by atoms with E-state index in [1.807, 2.05) is 38.4 Å². The average molecular weight is 698 g/mol. The van der Waals surface area contributed by atoms with Crippen LogP contribution in [0.3, 0.4) is 0 Å². The molecule has 0 atom stereocenters. The molecule has 2 amide bonds. The number of anilines is 4. The van der Waals surface area contributed by atoms with Gasteiger partial charge in [0.1, 0.15) is 34.9 Å². The number of carbonyl (C=O) groups excluding carboxylic acids is 2. The number of hydrogen-bond acceptors (Lipinski definition) is 9. The number of fused-ring (bicyclic) bond motifs is 2. The maximum atomic E-state index is 12.5. The van der Waals surface area contributed by atoms with Gasteiger partial charge in [-0.3, -0.25) is 19.4 Å². The van der Waals surface area contributed by atoms with Crippen LogP contribution in [0.1, 0.15) is 84.6 Å². The van der Waals surface area contributed by atoms with Gasteiger partial charge in [0.05, 0.1) is 25.9 Å². The number of nitrogen functional groups attached to an aromatic ring is 2. The van der Waals surface area contributed by atoms with Gasteiger partial charge in [0.15, 0.2) is 0 Å². The molecule has 11 nitrogen and oxygen atoms in total. The number of unbranched alkanes of at least 4 members (excludes halogenated alkanes) is 2. The van der Waals surface area contributed by atoms with Crippen LogP contribution in [-0.2, 0) is 60.8 Å². The van der Waals surface area contributed by atoms with E-state index in [9.17, 15) is 9.59 Å². The number of rotatable bonds is 13. The summed E-state index contributed by atoms with van der Waals surface area (Å²) in [5.41, 5.74) is 18.1. The number of aromatic nitrogens is 4. The van der Waals surface area contributed by atoms with Crippen LogP contribution in [0.2, 0.25) is 0 Å². The maximum Gasteiger partial charge on any atom is 0.233 e. The van der Waals surface area contributed by atoms with Crippen LogP contribution < -0.4 is 21.3 Å². The lowest BCUT2D eigenvalue weighted by atomic mass is 10.1. The molecule has 4 N–H and O–H groups in total. The summed E-state index contributed by atoms with van der Waals surface area (Å²) in [5.74, 6) is 4.19. The Morgan fingerprint density at radius 1 is 0.660 bits per heavy atom. The lowest BCUT2D eigenvalue weighted by molar-refractivity contribution is -0.118. The van der Waals surface area contributed by atoms with Crippen molar-refractivity contribution in [3.05, 3.63) is 93.6 Å². The number of nitrogens with two attached hydrogens (primary N) is 2. The van der Waals surface area contributed by atoms with Crippen molar-refractivity contribution in [2.24, 2.45) is 0 Å². The quantitative estimate of drug-likeness (QED) is 0.166. The second kappa shape index (κ2) is 16.9. The van der Waals surface area contributed by atoms with E-state index in [2.05, 4.69) is 62.9 Å². The van der Waals surface area contributed by atoms with Gasteiger partial charge < -0.3 is 16.4 Å². The number of carbonyl (C=O) groups is 2. The van der Waals surface area contributed by atoms with Crippen LogP contribution in [0.15, 0.2) is 48.5 Å². The molecule has 0 spiro atoms. The fourth-order valence-electron chi connectivity index (χ4n) is 6.02. The minimum Gasteiger partial charge on any atom is -0.383 e. The molecular weight excluding hydrogens is 650 g/mol. The summed E-state index contributed by atoms with van der Waals surface area (Å²) < 4.78 is 0. The number of amides is 2. The predicted octanol–water partition coefficient (Wildman–Crippen LogP) is 5.78. The molecular formula is C38H48ClN9O2. The Hall–Kier alpha value is -4.61. The number of aryl methyl sites for hydroxylation is 2. The highest BCUT2D eigenvalue weighted by Crippen LogP contribution is 2.33. The van der Waals surface area contributed by atoms with Crippen LogP contribution in [0, 0.1) is 0 Å². The van der Waals surface area contributed by atoms with Crippen molar-refractivity contribution in [1.82, 2.24) is 24.8 Å². The smallest absolute Gasteiger partial charge is 0.233 e. The highest BCUT2D eigenvalue weighted by molar-refractivity contribution is 6.17. The van der Waals surface area contributed by atoms with Gasteiger partial charge in [0.25, 0.3) is 0 Å². The van der Waals surface area contributed by atoms with Crippen LogP contribution in [0.5, 0.6) is 0 Å². The number of benzene rings is 2. The number of hydrogen-bond donors (Lipinski definition) is 2. The monoisotopic (exact) mass is 697 g/mol. The van der Waals surface area contributed by atoms with Gasteiger partial charge in [0, 0.05) is 36.4 Å². The highest BCUT2D eigenvalue weighted by Gasteiger charge is 2.33. The molecule has 4 heterocycles. The van der Waals surface area contributed by atoms with Gasteiger partial charge >= 0.3 is 0 Å². The molecule has 0 radical (unpaired) electrons. The van der Waals surface area contributed by atoms with E-state index in [0.29, 0.717) is 48.1 Å². The summed E-state index contributed by atoms with van der Waals surface area (Å²) in [6, 6.07) is 16.3. The summed E-state index contributed by atoms with van der Waals surface area (Å²) in [6.45, 7) is 6.15. The Bertz CT molecular complexity index is 1800. The zero-order valence-electron chi connectivity index (χ0n) is 29.6. The minimum atomic E-state index is 0.0139. The standard InChI is InChI=1S/C20H27N5O.C18H21ClN4O/c1-4-5-6-17-22-19(21)16-11-18(26)25(20(16)23-17)13-15-9-7-14(8-10-15)12-24(2)3;1-2-3-4-15-21-17(20)14-9-16(24)23(18(14)22-15)11-13-7-5-12(10-19)6-8-13/h7-10H,4-6,11-13H2,1-3H3,(H2,21,22,23);5-8H,2-4,9-11H2,1H3,(H2,20,21,22). The molecule has 50 heavy (non-hydrogen) atoms. The first kappa shape index (κ1) is 36.7. The first-order valence-corrected chi connectivity index (χ1v) is 17.9. The van der Waals surface area contributed by atoms with Crippen molar-refractivity contribution in [1.29, 1.82) is 0 Å². The normalized spacial score (nSPS) is 13.5. The van der Waals surface area contributed by atoms with Crippen molar-refractivity contribution in [2.75, 3.05) is 35.4 Å². The van der Waals surface area contributed by atoms with Gasteiger partial charge in [-0.05, 0) is 49.2 Å². The third-order valence-corrected chi connectivity index (χ3v) is 9.09. The summed E-state index contributed by atoms with van der Waals surface area (Å²) >= 11 is 5.82. The number of nitrogens with zero attached hydrogens (tertiary/aromatic N) is 7. The molecule has 264 valence electrons. The molecule has 6 rings (SSSR count). The topological polar surface area (TPSA) is 147 Å². The first-order chi connectivity index (χ1) is 24.1. The summed E-state index contributed by atoms with van der Waals surface area (Å²) in [6.07, 6.45) is 6.28. The maximum absolute atomic E-state index is 12.5. The van der Waals surface area contributed by atoms with Gasteiger partial charge in [-0.15, -0.1) is 11.6 Å². The van der Waals surface area contributed by atoms with Crippen LogP contribution in [-0.4, -0.2) is 50.7 Å². The van der Waals surface area contributed by atoms with E-state index in [1.165, 1.54) is 5.56 Å². The molecule has 12 heteroatoms.